The van der Waals surface area contributed by atoms with E-state index >= 15 is 0 Å². The highest BCUT2D eigenvalue weighted by atomic mass is 127. The first-order valence-electron chi connectivity index (χ1n) is 8.93. The topological polar surface area (TPSA) is 58.5 Å². The van der Waals surface area contributed by atoms with E-state index in [0.29, 0.717) is 12.2 Å². The second-order valence-electron chi connectivity index (χ2n) is 6.81. The summed E-state index contributed by atoms with van der Waals surface area (Å²) < 4.78 is 18.5. The Bertz CT molecular complexity index is 1300. The van der Waals surface area contributed by atoms with Crippen molar-refractivity contribution >= 4 is 39.6 Å². The quantitative estimate of drug-likeness (QED) is 0.249. The molecule has 5 nitrogen and oxygen atoms in total. The minimum absolute atomic E-state index is 0.0482. The van der Waals surface area contributed by atoms with E-state index in [1.165, 1.54) is 10.5 Å². The molecule has 0 aliphatic heterocycles. The zero-order chi connectivity index (χ0) is 20.7. The van der Waals surface area contributed by atoms with Crippen molar-refractivity contribution in [2.75, 3.05) is 0 Å². The summed E-state index contributed by atoms with van der Waals surface area (Å²) in [4.78, 5) is 18.5. The summed E-state index contributed by atoms with van der Waals surface area (Å²) in [5.74, 6) is -0.801. The molecule has 4 rings (SSSR count). The third-order valence-electron chi connectivity index (χ3n) is 4.75. The smallest absolute Gasteiger partial charge is 0.354 e. The van der Waals surface area contributed by atoms with Crippen LogP contribution in [0.15, 0.2) is 47.5 Å². The van der Waals surface area contributed by atoms with Gasteiger partial charge in [-0.2, -0.15) is 8.97 Å². The first kappa shape index (κ1) is 20.0. The average Bonchev–Trinajstić information content (AvgIpc) is 3.16. The molecule has 0 amide bonds. The number of fused-ring (bicyclic) bond motifs is 1. The molecule has 148 valence electrons. The predicted molar refractivity (Wildman–Crippen MR) is 119 cm³/mol. The molecule has 1 aromatic carbocycles. The van der Waals surface area contributed by atoms with Crippen molar-refractivity contribution < 1.29 is 14.1 Å². The van der Waals surface area contributed by atoms with Gasteiger partial charge in [-0.05, 0) is 38.1 Å². The molecule has 0 atom stereocenters. The van der Waals surface area contributed by atoms with Gasteiger partial charge >= 0.3 is 5.56 Å². The molecule has 0 fully saturated rings. The van der Waals surface area contributed by atoms with Gasteiger partial charge in [-0.15, -0.1) is 11.3 Å². The number of aromatic nitrogens is 3. The van der Waals surface area contributed by atoms with Gasteiger partial charge in [0.25, 0.3) is 11.5 Å². The molecule has 29 heavy (non-hydrogen) atoms. The summed E-state index contributed by atoms with van der Waals surface area (Å²) in [7, 11) is 0. The summed E-state index contributed by atoms with van der Waals surface area (Å²) in [6.45, 7) is 4.02. The third kappa shape index (κ3) is 3.55. The summed E-state index contributed by atoms with van der Waals surface area (Å²) >= 11 is 3.80. The Morgan fingerprint density at radius 3 is 2.83 bits per heavy atom. The van der Waals surface area contributed by atoms with Crippen molar-refractivity contribution in [2.45, 2.75) is 24.8 Å². The number of hydrogen-bond donors (Lipinski definition) is 1. The van der Waals surface area contributed by atoms with Gasteiger partial charge in [-0.25, -0.2) is 14.2 Å². The maximum absolute atomic E-state index is 14.6. The Balaban J connectivity index is 2.05. The lowest BCUT2D eigenvalue weighted by molar-refractivity contribution is -0.671. The molecule has 4 aromatic rings. The molecule has 0 spiro atoms. The number of rotatable bonds is 4. The van der Waals surface area contributed by atoms with Crippen LogP contribution in [0.1, 0.15) is 21.0 Å². The molecule has 0 saturated carbocycles. The normalized spacial score (nSPS) is 11.3. The van der Waals surface area contributed by atoms with Crippen molar-refractivity contribution in [3.8, 4) is 17.0 Å². The highest BCUT2D eigenvalue weighted by molar-refractivity contribution is 14.1. The molecule has 0 radical (unpaired) electrons. The van der Waals surface area contributed by atoms with Gasteiger partial charge in [-0.3, -0.25) is 0 Å². The van der Waals surface area contributed by atoms with Crippen LogP contribution in [0.2, 0.25) is 0 Å². The monoisotopic (exact) mass is 522 g/mol. The van der Waals surface area contributed by atoms with Gasteiger partial charge in [0.15, 0.2) is 5.56 Å². The molecule has 0 aliphatic carbocycles. The maximum atomic E-state index is 14.6. The second kappa shape index (κ2) is 7.83. The van der Waals surface area contributed by atoms with Crippen LogP contribution in [0.3, 0.4) is 0 Å². The third-order valence-corrected chi connectivity index (χ3v) is 6.97. The fourth-order valence-corrected chi connectivity index (χ4v) is 4.85. The summed E-state index contributed by atoms with van der Waals surface area (Å²) in [6, 6.07) is 8.17. The standard InChI is InChI=1S/C21H17FIN3O2S/c1-12-5-6-16(22)15(8-12)18-20(27)25-7-3-4-13(2)19(25)26(21(18)28)11-14-10-24-17(9-23)29-14/h3-8,10H,9,11H2,1-2H3/p+1. The number of hydrogen-bond acceptors (Lipinski definition) is 4. The van der Waals surface area contributed by atoms with Gasteiger partial charge in [0.2, 0.25) is 0 Å². The first-order chi connectivity index (χ1) is 13.9. The highest BCUT2D eigenvalue weighted by Crippen LogP contribution is 2.28. The van der Waals surface area contributed by atoms with E-state index in [-0.39, 0.29) is 17.0 Å². The van der Waals surface area contributed by atoms with Gasteiger partial charge in [0.05, 0.1) is 15.5 Å². The zero-order valence-corrected chi connectivity index (χ0v) is 18.8. The number of alkyl halides is 1. The van der Waals surface area contributed by atoms with Crippen LogP contribution in [-0.2, 0) is 11.0 Å². The Morgan fingerprint density at radius 2 is 2.10 bits per heavy atom. The largest absolute Gasteiger partial charge is 0.477 e. The van der Waals surface area contributed by atoms with Gasteiger partial charge in [-0.1, -0.05) is 34.2 Å². The van der Waals surface area contributed by atoms with Crippen molar-refractivity contribution in [1.29, 1.82) is 0 Å². The number of aryl methyl sites for hydroxylation is 2. The van der Waals surface area contributed by atoms with Crippen LogP contribution in [0.5, 0.6) is 5.88 Å². The summed E-state index contributed by atoms with van der Waals surface area (Å²) in [5.41, 5.74) is 1.78. The number of aromatic hydroxyl groups is 1. The fraction of sp³-hybridized carbons (Fsp3) is 0.190. The van der Waals surface area contributed by atoms with Gasteiger partial charge in [0, 0.05) is 17.3 Å². The Labute approximate surface area is 184 Å². The molecule has 0 unspecified atom stereocenters. The predicted octanol–water partition coefficient (Wildman–Crippen LogP) is 4.16. The van der Waals surface area contributed by atoms with Crippen LogP contribution in [0.25, 0.3) is 16.8 Å². The van der Waals surface area contributed by atoms with E-state index in [2.05, 4.69) is 27.6 Å². The summed E-state index contributed by atoms with van der Waals surface area (Å²) in [5, 5.41) is 12.1. The Hall–Kier alpha value is -2.33. The molecule has 0 bridgehead atoms. The highest BCUT2D eigenvalue weighted by Gasteiger charge is 2.28. The molecule has 8 heteroatoms. The lowest BCUT2D eigenvalue weighted by Gasteiger charge is -2.11. The van der Waals surface area contributed by atoms with Gasteiger partial charge < -0.3 is 5.11 Å². The molecule has 3 aromatic heterocycles. The van der Waals surface area contributed by atoms with E-state index in [4.69, 9.17) is 0 Å². The van der Waals surface area contributed by atoms with Crippen LogP contribution < -0.4 is 10.1 Å². The lowest BCUT2D eigenvalue weighted by Crippen LogP contribution is -2.41. The molecule has 0 aliphatic rings. The van der Waals surface area contributed by atoms with E-state index in [0.717, 1.165) is 25.4 Å². The van der Waals surface area contributed by atoms with Crippen molar-refractivity contribution in [1.82, 2.24) is 9.38 Å². The van der Waals surface area contributed by atoms with Crippen molar-refractivity contribution in [3.05, 3.63) is 79.9 Å². The molecular formula is C21H18FIN3O2S+. The minimum atomic E-state index is -0.549. The summed E-state index contributed by atoms with van der Waals surface area (Å²) in [6.07, 6.45) is 3.42. The van der Waals surface area contributed by atoms with Crippen molar-refractivity contribution in [2.24, 2.45) is 0 Å². The van der Waals surface area contributed by atoms with E-state index in [1.807, 2.05) is 19.9 Å². The van der Waals surface area contributed by atoms with E-state index in [9.17, 15) is 14.3 Å². The minimum Gasteiger partial charge on any atom is -0.477 e. The fourth-order valence-electron chi connectivity index (χ4n) is 3.42. The Morgan fingerprint density at radius 1 is 1.31 bits per heavy atom. The van der Waals surface area contributed by atoms with E-state index in [1.54, 1.807) is 46.5 Å². The van der Waals surface area contributed by atoms with Crippen LogP contribution in [0.4, 0.5) is 4.39 Å². The zero-order valence-electron chi connectivity index (χ0n) is 15.8. The number of halogens is 2. The molecule has 3 heterocycles. The number of benzene rings is 1. The van der Waals surface area contributed by atoms with Gasteiger partial charge in [0.1, 0.15) is 17.4 Å². The lowest BCUT2D eigenvalue weighted by atomic mass is 10.0. The SMILES string of the molecule is Cc1ccc(F)c(-c2c(O)[n+](Cc3cnc(CI)s3)c3c(C)cccn3c2=O)c1. The van der Waals surface area contributed by atoms with Crippen molar-refractivity contribution in [3.63, 3.8) is 0 Å². The first-order valence-corrected chi connectivity index (χ1v) is 11.3. The van der Waals surface area contributed by atoms with E-state index < -0.39 is 11.4 Å². The number of pyridine rings is 1. The molecule has 0 saturated heterocycles. The van der Waals surface area contributed by atoms with Crippen LogP contribution in [0, 0.1) is 19.7 Å². The van der Waals surface area contributed by atoms with Crippen LogP contribution in [-0.4, -0.2) is 14.5 Å². The molecule has 1 N–H and O–H groups in total. The molecular weight excluding hydrogens is 504 g/mol. The van der Waals surface area contributed by atoms with Crippen LogP contribution >= 0.6 is 33.9 Å². The number of thiazole rings is 1. The number of nitrogens with zero attached hydrogens (tertiary/aromatic N) is 3. The Kier molecular flexibility index (Phi) is 5.39. The maximum Gasteiger partial charge on any atom is 0.354 e. The average molecular weight is 522 g/mol. The second-order valence-corrected chi connectivity index (χ2v) is 8.77.